The van der Waals surface area contributed by atoms with E-state index in [9.17, 15) is 4.57 Å². The fraction of sp³-hybridized carbons (Fsp3) is 1.00. The standard InChI is InChI=1S/C3H10NOPS/c1-4-6(2,5)7-3/h1-3H3,(H,4,5). The van der Waals surface area contributed by atoms with E-state index in [1.54, 1.807) is 13.7 Å². The molecule has 0 rings (SSSR count). The van der Waals surface area contributed by atoms with Gasteiger partial charge in [0.2, 0.25) is 0 Å². The lowest BCUT2D eigenvalue weighted by molar-refractivity contribution is 0.583. The van der Waals surface area contributed by atoms with Gasteiger partial charge in [-0.2, -0.15) is 0 Å². The van der Waals surface area contributed by atoms with Gasteiger partial charge >= 0.3 is 0 Å². The Balaban J connectivity index is 3.61. The van der Waals surface area contributed by atoms with Crippen LogP contribution in [0.2, 0.25) is 0 Å². The Bertz CT molecular complexity index is 86.9. The average Bonchev–Trinajstić information content (AvgIpc) is 1.68. The molecule has 1 unspecified atom stereocenters. The van der Waals surface area contributed by atoms with Crippen molar-refractivity contribution in [3.05, 3.63) is 0 Å². The molecule has 0 heterocycles. The summed E-state index contributed by atoms with van der Waals surface area (Å²) in [5, 5.41) is 2.71. The first kappa shape index (κ1) is 7.54. The number of nitrogens with one attached hydrogen (secondary N) is 1. The lowest BCUT2D eigenvalue weighted by Gasteiger charge is -2.04. The molecular formula is C3H10NOPS. The highest BCUT2D eigenvalue weighted by atomic mass is 32.7. The topological polar surface area (TPSA) is 29.1 Å². The zero-order chi connectivity index (χ0) is 5.91. The van der Waals surface area contributed by atoms with Crippen LogP contribution in [0.15, 0.2) is 0 Å². The first-order valence-corrected chi connectivity index (χ1v) is 5.93. The maximum Gasteiger partial charge on any atom is 0.197 e. The molecule has 0 saturated heterocycles. The average molecular weight is 139 g/mol. The molecule has 0 radical (unpaired) electrons. The van der Waals surface area contributed by atoms with Crippen LogP contribution in [-0.2, 0) is 4.57 Å². The van der Waals surface area contributed by atoms with E-state index in [2.05, 4.69) is 5.09 Å². The molecule has 4 heteroatoms. The predicted molar refractivity (Wildman–Crippen MR) is 36.1 cm³/mol. The fourth-order valence-electron chi connectivity index (χ4n) is 0.0913. The van der Waals surface area contributed by atoms with Gasteiger partial charge < -0.3 is 0 Å². The van der Waals surface area contributed by atoms with Gasteiger partial charge in [0, 0.05) is 6.66 Å². The first-order chi connectivity index (χ1) is 3.12. The quantitative estimate of drug-likeness (QED) is 0.586. The molecule has 0 aromatic rings. The van der Waals surface area contributed by atoms with Crippen LogP contribution in [0.4, 0.5) is 0 Å². The van der Waals surface area contributed by atoms with Crippen molar-refractivity contribution in [3.8, 4) is 0 Å². The molecule has 0 saturated carbocycles. The molecule has 44 valence electrons. The van der Waals surface area contributed by atoms with Crippen molar-refractivity contribution in [2.24, 2.45) is 0 Å². The zero-order valence-corrected chi connectivity index (χ0v) is 6.47. The second-order valence-corrected chi connectivity index (χ2v) is 6.94. The molecule has 0 aliphatic rings. The van der Waals surface area contributed by atoms with E-state index < -0.39 is 6.49 Å². The minimum Gasteiger partial charge on any atom is -0.295 e. The largest absolute Gasteiger partial charge is 0.295 e. The van der Waals surface area contributed by atoms with Gasteiger partial charge in [0.25, 0.3) is 0 Å². The summed E-state index contributed by atoms with van der Waals surface area (Å²) in [6.45, 7) is -0.282. The van der Waals surface area contributed by atoms with Gasteiger partial charge in [-0.05, 0) is 13.3 Å². The molecule has 0 aromatic carbocycles. The van der Waals surface area contributed by atoms with Crippen LogP contribution in [0.3, 0.4) is 0 Å². The van der Waals surface area contributed by atoms with Gasteiger partial charge in [0.1, 0.15) is 0 Å². The molecule has 7 heavy (non-hydrogen) atoms. The zero-order valence-electron chi connectivity index (χ0n) is 4.76. The molecule has 1 N–H and O–H groups in total. The van der Waals surface area contributed by atoms with Crippen molar-refractivity contribution in [1.29, 1.82) is 0 Å². The molecule has 0 aliphatic carbocycles. The van der Waals surface area contributed by atoms with Gasteiger partial charge in [-0.3, -0.25) is 9.65 Å². The molecule has 0 bridgehead atoms. The Morgan fingerprint density at radius 2 is 2.14 bits per heavy atom. The van der Waals surface area contributed by atoms with Crippen LogP contribution in [0, 0.1) is 0 Å². The van der Waals surface area contributed by atoms with E-state index in [-0.39, 0.29) is 0 Å². The lowest BCUT2D eigenvalue weighted by atomic mass is 11.6. The Hall–Kier alpha value is 0.540. The highest BCUT2D eigenvalue weighted by Gasteiger charge is 2.05. The van der Waals surface area contributed by atoms with Crippen LogP contribution >= 0.6 is 17.9 Å². The van der Waals surface area contributed by atoms with E-state index in [0.717, 1.165) is 0 Å². The third kappa shape index (κ3) is 3.15. The molecule has 0 fully saturated rings. The summed E-state index contributed by atoms with van der Waals surface area (Å²) in [4.78, 5) is 0. The Labute approximate surface area is 48.2 Å². The Kier molecular flexibility index (Phi) is 2.96. The highest BCUT2D eigenvalue weighted by Crippen LogP contribution is 2.47. The van der Waals surface area contributed by atoms with Crippen LogP contribution in [0.1, 0.15) is 0 Å². The van der Waals surface area contributed by atoms with Crippen molar-refractivity contribution in [2.45, 2.75) is 0 Å². The molecule has 0 aromatic heterocycles. The number of hydrogen-bond acceptors (Lipinski definition) is 2. The normalized spacial score (nSPS) is 18.7. The van der Waals surface area contributed by atoms with Crippen molar-refractivity contribution in [3.63, 3.8) is 0 Å². The second kappa shape index (κ2) is 2.75. The van der Waals surface area contributed by atoms with E-state index in [0.29, 0.717) is 0 Å². The summed E-state index contributed by atoms with van der Waals surface area (Å²) in [5.74, 6) is 0. The third-order valence-corrected chi connectivity index (χ3v) is 4.90. The highest BCUT2D eigenvalue weighted by molar-refractivity contribution is 8.57. The number of rotatable bonds is 2. The van der Waals surface area contributed by atoms with Crippen molar-refractivity contribution >= 4 is 17.9 Å². The second-order valence-electron chi connectivity index (χ2n) is 1.25. The maximum atomic E-state index is 10.8. The van der Waals surface area contributed by atoms with E-state index >= 15 is 0 Å². The van der Waals surface area contributed by atoms with Gasteiger partial charge in [-0.25, -0.2) is 0 Å². The molecule has 2 nitrogen and oxygen atoms in total. The van der Waals surface area contributed by atoms with Gasteiger partial charge in [0.15, 0.2) is 6.49 Å². The lowest BCUT2D eigenvalue weighted by Crippen LogP contribution is -1.95. The Morgan fingerprint density at radius 3 is 2.14 bits per heavy atom. The molecule has 1 atom stereocenters. The summed E-state index contributed by atoms with van der Waals surface area (Å²) in [5.41, 5.74) is 0. The third-order valence-electron chi connectivity index (χ3n) is 0.755. The summed E-state index contributed by atoms with van der Waals surface area (Å²) in [7, 11) is 1.71. The summed E-state index contributed by atoms with van der Waals surface area (Å²) in [6, 6.07) is 0. The molecule has 0 spiro atoms. The molecule has 0 aliphatic heterocycles. The summed E-state index contributed by atoms with van der Waals surface area (Å²) < 4.78 is 10.8. The fourth-order valence-corrected chi connectivity index (χ4v) is 0.822. The minimum atomic E-state index is -1.99. The summed E-state index contributed by atoms with van der Waals surface area (Å²) >= 11 is 1.37. The van der Waals surface area contributed by atoms with Crippen LogP contribution in [-0.4, -0.2) is 20.0 Å². The Morgan fingerprint density at radius 1 is 1.71 bits per heavy atom. The summed E-state index contributed by atoms with van der Waals surface area (Å²) in [6.07, 6.45) is 1.83. The predicted octanol–water partition coefficient (Wildman–Crippen LogP) is 1.39. The van der Waals surface area contributed by atoms with Crippen LogP contribution in [0.5, 0.6) is 0 Å². The minimum absolute atomic E-state index is 1.37. The molecular weight excluding hydrogens is 129 g/mol. The van der Waals surface area contributed by atoms with Crippen LogP contribution < -0.4 is 5.09 Å². The van der Waals surface area contributed by atoms with Gasteiger partial charge in [-0.1, -0.05) is 11.4 Å². The van der Waals surface area contributed by atoms with E-state index in [1.807, 2.05) is 6.26 Å². The van der Waals surface area contributed by atoms with Crippen molar-refractivity contribution < 1.29 is 4.57 Å². The number of hydrogen-bond donors (Lipinski definition) is 1. The van der Waals surface area contributed by atoms with Crippen LogP contribution in [0.25, 0.3) is 0 Å². The SMILES string of the molecule is CNP(C)(=O)SC. The first-order valence-electron chi connectivity index (χ1n) is 1.94. The monoisotopic (exact) mass is 139 g/mol. The smallest absolute Gasteiger partial charge is 0.197 e. The van der Waals surface area contributed by atoms with Gasteiger partial charge in [-0.15, -0.1) is 0 Å². The van der Waals surface area contributed by atoms with Crippen molar-refractivity contribution in [1.82, 2.24) is 5.09 Å². The maximum absolute atomic E-state index is 10.8. The molecule has 0 amide bonds. The van der Waals surface area contributed by atoms with Crippen molar-refractivity contribution in [2.75, 3.05) is 20.0 Å². The van der Waals surface area contributed by atoms with E-state index in [4.69, 9.17) is 0 Å². The van der Waals surface area contributed by atoms with E-state index in [1.165, 1.54) is 11.4 Å². The van der Waals surface area contributed by atoms with Gasteiger partial charge in [0.05, 0.1) is 0 Å².